The summed E-state index contributed by atoms with van der Waals surface area (Å²) >= 11 is 11.7. The van der Waals surface area contributed by atoms with Crippen LogP contribution in [0.15, 0.2) is 36.5 Å². The van der Waals surface area contributed by atoms with Crippen molar-refractivity contribution < 1.29 is 4.79 Å². The number of amides is 1. The van der Waals surface area contributed by atoms with Gasteiger partial charge in [-0.1, -0.05) is 37.0 Å². The lowest BCUT2D eigenvalue weighted by Gasteiger charge is -2.09. The molecule has 0 saturated heterocycles. The molecule has 0 fully saturated rings. The van der Waals surface area contributed by atoms with Crippen molar-refractivity contribution in [1.29, 1.82) is 0 Å². The number of hydrogen-bond donors (Lipinski definition) is 2. The molecule has 22 heavy (non-hydrogen) atoms. The van der Waals surface area contributed by atoms with Gasteiger partial charge in [-0.05, 0) is 36.2 Å². The number of carbonyl (C=O) groups is 1. The monoisotopic (exact) mass is 337 g/mol. The van der Waals surface area contributed by atoms with E-state index in [9.17, 15) is 4.79 Å². The highest BCUT2D eigenvalue weighted by atomic mass is 35.5. The van der Waals surface area contributed by atoms with Crippen LogP contribution in [0.5, 0.6) is 0 Å². The van der Waals surface area contributed by atoms with E-state index < -0.39 is 0 Å². The van der Waals surface area contributed by atoms with E-state index in [1.54, 1.807) is 24.4 Å². The molecular weight excluding hydrogens is 321 g/mol. The van der Waals surface area contributed by atoms with Crippen molar-refractivity contribution in [3.05, 3.63) is 52.1 Å². The molecule has 2 aromatic rings. The number of benzene rings is 1. The molecule has 6 heteroatoms. The highest BCUT2D eigenvalue weighted by molar-refractivity contribution is 6.42. The molecule has 116 valence electrons. The van der Waals surface area contributed by atoms with Crippen molar-refractivity contribution in [3.63, 3.8) is 0 Å². The number of anilines is 2. The van der Waals surface area contributed by atoms with Crippen molar-refractivity contribution in [2.45, 2.75) is 13.8 Å². The van der Waals surface area contributed by atoms with E-state index in [0.29, 0.717) is 27.3 Å². The fraction of sp³-hybridized carbons (Fsp3) is 0.250. The van der Waals surface area contributed by atoms with Crippen LogP contribution in [0.1, 0.15) is 24.2 Å². The summed E-state index contributed by atoms with van der Waals surface area (Å²) in [6, 6.07) is 8.35. The average Bonchev–Trinajstić information content (AvgIpc) is 2.49. The third-order valence-electron chi connectivity index (χ3n) is 2.90. The first-order chi connectivity index (χ1) is 10.5. The second-order valence-electron chi connectivity index (χ2n) is 5.29. The lowest BCUT2D eigenvalue weighted by molar-refractivity contribution is 0.102. The minimum atomic E-state index is -0.283. The zero-order valence-corrected chi connectivity index (χ0v) is 13.9. The number of hydrogen-bond acceptors (Lipinski definition) is 3. The van der Waals surface area contributed by atoms with Gasteiger partial charge in [0.05, 0.1) is 21.9 Å². The normalized spacial score (nSPS) is 10.6. The van der Waals surface area contributed by atoms with Gasteiger partial charge in [0, 0.05) is 12.1 Å². The van der Waals surface area contributed by atoms with Gasteiger partial charge in [0.1, 0.15) is 5.82 Å². The number of rotatable bonds is 5. The molecular formula is C16H17Cl2N3O. The van der Waals surface area contributed by atoms with Crippen LogP contribution in [0.25, 0.3) is 0 Å². The predicted octanol–water partition coefficient (Wildman–Crippen LogP) is 4.71. The summed E-state index contributed by atoms with van der Waals surface area (Å²) in [5.41, 5.74) is 1.35. The Morgan fingerprint density at radius 3 is 2.55 bits per heavy atom. The van der Waals surface area contributed by atoms with Crippen molar-refractivity contribution >= 4 is 40.6 Å². The highest BCUT2D eigenvalue weighted by Gasteiger charge is 2.09. The zero-order chi connectivity index (χ0) is 16.1. The smallest absolute Gasteiger partial charge is 0.256 e. The van der Waals surface area contributed by atoms with Gasteiger partial charge in [0.15, 0.2) is 0 Å². The Balaban J connectivity index is 2.00. The second kappa shape index (κ2) is 7.47. The third kappa shape index (κ3) is 4.61. The minimum Gasteiger partial charge on any atom is -0.384 e. The Morgan fingerprint density at radius 2 is 1.95 bits per heavy atom. The Labute approximate surface area is 139 Å². The Kier molecular flexibility index (Phi) is 5.63. The average molecular weight is 338 g/mol. The van der Waals surface area contributed by atoms with E-state index in [1.165, 1.54) is 6.07 Å². The summed E-state index contributed by atoms with van der Waals surface area (Å²) in [7, 11) is 0. The summed E-state index contributed by atoms with van der Waals surface area (Å²) < 4.78 is 0. The van der Waals surface area contributed by atoms with Gasteiger partial charge < -0.3 is 10.6 Å². The largest absolute Gasteiger partial charge is 0.384 e. The van der Waals surface area contributed by atoms with Crippen molar-refractivity contribution in [3.8, 4) is 0 Å². The van der Waals surface area contributed by atoms with Crippen molar-refractivity contribution in [2.24, 2.45) is 5.92 Å². The number of halogens is 2. The van der Waals surface area contributed by atoms with Crippen LogP contribution in [0.2, 0.25) is 10.0 Å². The van der Waals surface area contributed by atoms with Gasteiger partial charge in [-0.2, -0.15) is 0 Å². The van der Waals surface area contributed by atoms with Crippen molar-refractivity contribution in [1.82, 2.24) is 4.98 Å². The summed E-state index contributed by atoms with van der Waals surface area (Å²) in [6.45, 7) is 5.13. The van der Waals surface area contributed by atoms with E-state index in [0.717, 1.165) is 12.2 Å². The quantitative estimate of drug-likeness (QED) is 0.830. The summed E-state index contributed by atoms with van der Waals surface area (Å²) in [5, 5.41) is 6.74. The number of pyridine rings is 1. The first-order valence-electron chi connectivity index (χ1n) is 6.92. The molecule has 0 unspecified atom stereocenters. The number of nitrogens with one attached hydrogen (secondary N) is 2. The molecule has 0 atom stereocenters. The number of aromatic nitrogens is 1. The Bertz CT molecular complexity index is 657. The standard InChI is InChI=1S/C16H17Cl2N3O/c1-10(2)8-19-12-4-6-15(20-9-12)21-16(22)11-3-5-13(17)14(18)7-11/h3-7,9-10,19H,8H2,1-2H3,(H,20,21,22). The maximum atomic E-state index is 12.1. The van der Waals surface area contributed by atoms with Crippen molar-refractivity contribution in [2.75, 3.05) is 17.2 Å². The lowest BCUT2D eigenvalue weighted by Crippen LogP contribution is -2.13. The minimum absolute atomic E-state index is 0.283. The van der Waals surface area contributed by atoms with Gasteiger partial charge in [0.25, 0.3) is 5.91 Å². The van der Waals surface area contributed by atoms with Crippen LogP contribution in [0.3, 0.4) is 0 Å². The van der Waals surface area contributed by atoms with E-state index in [-0.39, 0.29) is 5.91 Å². The van der Waals surface area contributed by atoms with Crippen LogP contribution >= 0.6 is 23.2 Å². The van der Waals surface area contributed by atoms with Gasteiger partial charge in [-0.3, -0.25) is 4.79 Å². The van der Waals surface area contributed by atoms with E-state index >= 15 is 0 Å². The molecule has 1 aromatic carbocycles. The summed E-state index contributed by atoms with van der Waals surface area (Å²) in [6.07, 6.45) is 1.69. The highest BCUT2D eigenvalue weighted by Crippen LogP contribution is 2.23. The molecule has 0 aliphatic carbocycles. The van der Waals surface area contributed by atoms with Gasteiger partial charge in [-0.25, -0.2) is 4.98 Å². The maximum absolute atomic E-state index is 12.1. The Hall–Kier alpha value is -1.78. The maximum Gasteiger partial charge on any atom is 0.256 e. The molecule has 0 bridgehead atoms. The summed E-state index contributed by atoms with van der Waals surface area (Å²) in [5.74, 6) is 0.745. The van der Waals surface area contributed by atoms with Crippen LogP contribution < -0.4 is 10.6 Å². The van der Waals surface area contributed by atoms with E-state index in [4.69, 9.17) is 23.2 Å². The molecule has 0 aliphatic rings. The predicted molar refractivity (Wildman–Crippen MR) is 92.0 cm³/mol. The number of carbonyl (C=O) groups excluding carboxylic acids is 1. The molecule has 0 radical (unpaired) electrons. The Morgan fingerprint density at radius 1 is 1.18 bits per heavy atom. The SMILES string of the molecule is CC(C)CNc1ccc(NC(=O)c2ccc(Cl)c(Cl)c2)nc1. The van der Waals surface area contributed by atoms with Gasteiger partial charge >= 0.3 is 0 Å². The fourth-order valence-corrected chi connectivity index (χ4v) is 2.02. The molecule has 4 nitrogen and oxygen atoms in total. The van der Waals surface area contributed by atoms with Gasteiger partial charge in [-0.15, -0.1) is 0 Å². The fourth-order valence-electron chi connectivity index (χ4n) is 1.72. The first-order valence-corrected chi connectivity index (χ1v) is 7.67. The molecule has 1 aromatic heterocycles. The molecule has 1 heterocycles. The topological polar surface area (TPSA) is 54.0 Å². The van der Waals surface area contributed by atoms with Crippen LogP contribution in [0, 0.1) is 5.92 Å². The van der Waals surface area contributed by atoms with Crippen LogP contribution in [-0.4, -0.2) is 17.4 Å². The number of nitrogens with zero attached hydrogens (tertiary/aromatic N) is 1. The molecule has 1 amide bonds. The lowest BCUT2D eigenvalue weighted by atomic mass is 10.2. The molecule has 2 N–H and O–H groups in total. The molecule has 0 aliphatic heterocycles. The summed E-state index contributed by atoms with van der Waals surface area (Å²) in [4.78, 5) is 16.3. The molecule has 2 rings (SSSR count). The third-order valence-corrected chi connectivity index (χ3v) is 3.64. The van der Waals surface area contributed by atoms with E-state index in [2.05, 4.69) is 29.5 Å². The van der Waals surface area contributed by atoms with E-state index in [1.807, 2.05) is 6.07 Å². The van der Waals surface area contributed by atoms with Crippen LogP contribution in [-0.2, 0) is 0 Å². The van der Waals surface area contributed by atoms with Gasteiger partial charge in [0.2, 0.25) is 0 Å². The molecule has 0 spiro atoms. The first kappa shape index (κ1) is 16.6. The molecule has 0 saturated carbocycles. The second-order valence-corrected chi connectivity index (χ2v) is 6.10. The van der Waals surface area contributed by atoms with Crippen LogP contribution in [0.4, 0.5) is 11.5 Å². The zero-order valence-electron chi connectivity index (χ0n) is 12.4.